The average Bonchev–Trinajstić information content (AvgIpc) is 2.81. The predicted molar refractivity (Wildman–Crippen MR) is 118 cm³/mol. The molecule has 1 unspecified atom stereocenters. The highest BCUT2D eigenvalue weighted by Crippen LogP contribution is 2.24. The summed E-state index contributed by atoms with van der Waals surface area (Å²) in [5.74, 6) is 0.142. The molecule has 9 nitrogen and oxygen atoms in total. The molecule has 1 saturated heterocycles. The van der Waals surface area contributed by atoms with E-state index in [1.165, 1.54) is 5.56 Å². The fourth-order valence-corrected chi connectivity index (χ4v) is 3.39. The molecule has 0 spiro atoms. The standard InChI is InChI=1S/C22H27N3O4.CH2O2/c23-21(26)16-28-17-22(27)25-13-11-24(12-14-25)20(18-7-3-1-4-8-18)15-29-19-9-5-2-6-10-19;2-1-3/h1-10,20H,11-17H2,(H2,23,26);1H,(H,2,3). The first-order valence-corrected chi connectivity index (χ1v) is 10.2. The smallest absolute Gasteiger partial charge is 0.290 e. The first-order chi connectivity index (χ1) is 15.5. The quantitative estimate of drug-likeness (QED) is 0.558. The van der Waals surface area contributed by atoms with E-state index in [2.05, 4.69) is 17.0 Å². The Morgan fingerprint density at radius 3 is 2.09 bits per heavy atom. The Morgan fingerprint density at radius 1 is 0.969 bits per heavy atom. The minimum absolute atomic E-state index is 0.0970. The van der Waals surface area contributed by atoms with Gasteiger partial charge in [0.2, 0.25) is 11.8 Å². The molecule has 1 heterocycles. The van der Waals surface area contributed by atoms with Crippen LogP contribution in [-0.4, -0.2) is 79.2 Å². The SMILES string of the molecule is NC(=O)COCC(=O)N1CCN(C(COc2ccccc2)c2ccccc2)CC1.O=CO. The number of carboxylic acid groups (broad SMARTS) is 1. The molecule has 3 N–H and O–H groups in total. The van der Waals surface area contributed by atoms with Crippen molar-refractivity contribution in [2.24, 2.45) is 5.73 Å². The lowest BCUT2D eigenvalue weighted by Crippen LogP contribution is -2.51. The van der Waals surface area contributed by atoms with Crippen LogP contribution >= 0.6 is 0 Å². The Labute approximate surface area is 187 Å². The molecule has 1 aliphatic heterocycles. The lowest BCUT2D eigenvalue weighted by molar-refractivity contribution is -0.139. The lowest BCUT2D eigenvalue weighted by Gasteiger charge is -2.39. The topological polar surface area (TPSA) is 122 Å². The normalized spacial score (nSPS) is 14.6. The van der Waals surface area contributed by atoms with Crippen LogP contribution in [-0.2, 0) is 19.1 Å². The monoisotopic (exact) mass is 443 g/mol. The zero-order valence-corrected chi connectivity index (χ0v) is 17.8. The van der Waals surface area contributed by atoms with Crippen LogP contribution in [0.4, 0.5) is 0 Å². The van der Waals surface area contributed by atoms with Gasteiger partial charge in [-0.25, -0.2) is 0 Å². The van der Waals surface area contributed by atoms with Gasteiger partial charge in [0.05, 0.1) is 6.04 Å². The minimum Gasteiger partial charge on any atom is -0.492 e. The molecule has 2 amide bonds. The number of carbonyl (C=O) groups excluding carboxylic acids is 2. The zero-order valence-electron chi connectivity index (χ0n) is 17.8. The van der Waals surface area contributed by atoms with Crippen LogP contribution in [0.25, 0.3) is 0 Å². The minimum atomic E-state index is -0.577. The number of hydrogen-bond acceptors (Lipinski definition) is 6. The van der Waals surface area contributed by atoms with E-state index in [1.807, 2.05) is 48.5 Å². The van der Waals surface area contributed by atoms with Gasteiger partial charge in [0.1, 0.15) is 25.6 Å². The number of rotatable bonds is 9. The second kappa shape index (κ2) is 13.8. The summed E-state index contributed by atoms with van der Waals surface area (Å²) >= 11 is 0. The third kappa shape index (κ3) is 8.37. The largest absolute Gasteiger partial charge is 0.492 e. The van der Waals surface area contributed by atoms with Crippen LogP contribution in [0.2, 0.25) is 0 Å². The Morgan fingerprint density at radius 2 is 1.53 bits per heavy atom. The molecule has 1 aliphatic rings. The maximum absolute atomic E-state index is 12.2. The molecule has 0 aromatic heterocycles. The fourth-order valence-electron chi connectivity index (χ4n) is 3.39. The molecule has 3 rings (SSSR count). The third-order valence-electron chi connectivity index (χ3n) is 4.91. The number of amides is 2. The maximum atomic E-state index is 12.2. The molecule has 2 aromatic carbocycles. The Bertz CT molecular complexity index is 826. The summed E-state index contributed by atoms with van der Waals surface area (Å²) in [6.07, 6.45) is 0. The van der Waals surface area contributed by atoms with Crippen molar-refractivity contribution in [3.05, 3.63) is 66.2 Å². The van der Waals surface area contributed by atoms with Gasteiger partial charge in [0.25, 0.3) is 6.47 Å². The van der Waals surface area contributed by atoms with Crippen LogP contribution < -0.4 is 10.5 Å². The van der Waals surface area contributed by atoms with Crippen molar-refractivity contribution in [1.82, 2.24) is 9.80 Å². The zero-order chi connectivity index (χ0) is 23.2. The van der Waals surface area contributed by atoms with E-state index in [0.29, 0.717) is 19.7 Å². The number of primary amides is 1. The fraction of sp³-hybridized carbons (Fsp3) is 0.348. The summed E-state index contributed by atoms with van der Waals surface area (Å²) in [7, 11) is 0. The first kappa shape index (κ1) is 24.8. The molecule has 1 atom stereocenters. The van der Waals surface area contributed by atoms with Crippen molar-refractivity contribution in [3.63, 3.8) is 0 Å². The van der Waals surface area contributed by atoms with Gasteiger partial charge in [0, 0.05) is 26.2 Å². The summed E-state index contributed by atoms with van der Waals surface area (Å²) in [6.45, 7) is 2.60. The number of nitrogens with two attached hydrogens (primary N) is 1. The van der Waals surface area contributed by atoms with E-state index in [1.54, 1.807) is 4.90 Å². The highest BCUT2D eigenvalue weighted by molar-refractivity contribution is 5.79. The van der Waals surface area contributed by atoms with Crippen molar-refractivity contribution in [1.29, 1.82) is 0 Å². The summed E-state index contributed by atoms with van der Waals surface area (Å²) < 4.78 is 11.1. The van der Waals surface area contributed by atoms with Crippen LogP contribution in [0.15, 0.2) is 60.7 Å². The van der Waals surface area contributed by atoms with Crippen molar-refractivity contribution in [3.8, 4) is 5.75 Å². The van der Waals surface area contributed by atoms with Gasteiger partial charge >= 0.3 is 0 Å². The second-order valence-corrected chi connectivity index (χ2v) is 7.03. The highest BCUT2D eigenvalue weighted by Gasteiger charge is 2.27. The number of para-hydroxylation sites is 1. The molecule has 0 aliphatic carbocycles. The number of hydrogen-bond donors (Lipinski definition) is 2. The number of nitrogens with zero attached hydrogens (tertiary/aromatic N) is 2. The highest BCUT2D eigenvalue weighted by atomic mass is 16.5. The van der Waals surface area contributed by atoms with E-state index in [-0.39, 0.29) is 31.6 Å². The Hall–Kier alpha value is -3.43. The van der Waals surface area contributed by atoms with Crippen molar-refractivity contribution < 1.29 is 29.0 Å². The van der Waals surface area contributed by atoms with Gasteiger partial charge in [-0.15, -0.1) is 0 Å². The lowest BCUT2D eigenvalue weighted by atomic mass is 10.0. The molecular weight excluding hydrogens is 414 g/mol. The number of benzene rings is 2. The van der Waals surface area contributed by atoms with Gasteiger partial charge in [-0.05, 0) is 17.7 Å². The number of piperazine rings is 1. The third-order valence-corrected chi connectivity index (χ3v) is 4.91. The molecule has 32 heavy (non-hydrogen) atoms. The van der Waals surface area contributed by atoms with Crippen molar-refractivity contribution in [2.45, 2.75) is 6.04 Å². The van der Waals surface area contributed by atoms with Crippen LogP contribution in [0.1, 0.15) is 11.6 Å². The molecule has 0 radical (unpaired) electrons. The first-order valence-electron chi connectivity index (χ1n) is 10.2. The van der Waals surface area contributed by atoms with Gasteiger partial charge in [0.15, 0.2) is 0 Å². The molecule has 0 bridgehead atoms. The van der Waals surface area contributed by atoms with E-state index < -0.39 is 5.91 Å². The van der Waals surface area contributed by atoms with Crippen LogP contribution in [0.5, 0.6) is 5.75 Å². The molecule has 1 fully saturated rings. The second-order valence-electron chi connectivity index (χ2n) is 7.03. The number of carbonyl (C=O) groups is 3. The Balaban J connectivity index is 0.00000114. The average molecular weight is 444 g/mol. The van der Waals surface area contributed by atoms with Crippen LogP contribution in [0.3, 0.4) is 0 Å². The van der Waals surface area contributed by atoms with Gasteiger partial charge in [-0.2, -0.15) is 0 Å². The van der Waals surface area contributed by atoms with E-state index >= 15 is 0 Å². The molecular formula is C23H29N3O6. The molecule has 2 aromatic rings. The van der Waals surface area contributed by atoms with E-state index in [0.717, 1.165) is 18.8 Å². The van der Waals surface area contributed by atoms with E-state index in [4.69, 9.17) is 25.1 Å². The van der Waals surface area contributed by atoms with Crippen molar-refractivity contribution >= 4 is 18.3 Å². The van der Waals surface area contributed by atoms with Crippen LogP contribution in [0, 0.1) is 0 Å². The maximum Gasteiger partial charge on any atom is 0.290 e. The summed E-state index contributed by atoms with van der Waals surface area (Å²) in [4.78, 5) is 35.4. The Kier molecular flexibility index (Phi) is 10.7. The predicted octanol–water partition coefficient (Wildman–Crippen LogP) is 1.15. The summed E-state index contributed by atoms with van der Waals surface area (Å²) in [5, 5.41) is 6.89. The number of ether oxygens (including phenoxy) is 2. The summed E-state index contributed by atoms with van der Waals surface area (Å²) in [6, 6.07) is 20.1. The van der Waals surface area contributed by atoms with Gasteiger partial charge in [-0.1, -0.05) is 48.5 Å². The van der Waals surface area contributed by atoms with Gasteiger partial charge < -0.3 is 25.2 Å². The molecule has 172 valence electrons. The summed E-state index contributed by atoms with van der Waals surface area (Å²) in [5.41, 5.74) is 6.22. The van der Waals surface area contributed by atoms with E-state index in [9.17, 15) is 9.59 Å². The molecule has 0 saturated carbocycles. The van der Waals surface area contributed by atoms with Crippen molar-refractivity contribution in [2.75, 3.05) is 46.0 Å². The molecule has 9 heteroatoms. The van der Waals surface area contributed by atoms with Gasteiger partial charge in [-0.3, -0.25) is 19.3 Å².